The summed E-state index contributed by atoms with van der Waals surface area (Å²) in [6.07, 6.45) is 0. The molecule has 0 aliphatic heterocycles. The summed E-state index contributed by atoms with van der Waals surface area (Å²) < 4.78 is 2.06. The Bertz CT molecular complexity index is 780. The van der Waals surface area contributed by atoms with Crippen molar-refractivity contribution in [1.82, 2.24) is 9.55 Å². The lowest BCUT2D eigenvalue weighted by atomic mass is 10.2. The van der Waals surface area contributed by atoms with Gasteiger partial charge >= 0.3 is 0 Å². The maximum absolute atomic E-state index is 12.4. The minimum atomic E-state index is 0.180. The highest BCUT2D eigenvalue weighted by Crippen LogP contribution is 2.24. The highest BCUT2D eigenvalue weighted by atomic mass is 32.2. The number of ketones is 1. The van der Waals surface area contributed by atoms with E-state index in [-0.39, 0.29) is 5.78 Å². The molecule has 0 spiro atoms. The van der Waals surface area contributed by atoms with Crippen molar-refractivity contribution in [2.75, 3.05) is 5.75 Å². The number of rotatable bonds is 4. The second-order valence-corrected chi connectivity index (χ2v) is 6.29. The monoisotopic (exact) mass is 298 g/mol. The number of Topliss-reactive ketones (excluding diaryl/α,β-unsaturated/α-hetero) is 1. The van der Waals surface area contributed by atoms with Crippen LogP contribution in [0.5, 0.6) is 0 Å². The molecule has 0 saturated heterocycles. The van der Waals surface area contributed by atoms with Crippen molar-refractivity contribution in [3.8, 4) is 0 Å². The molecule has 0 radical (unpaired) electrons. The van der Waals surface area contributed by atoms with Gasteiger partial charge in [-0.25, -0.2) is 0 Å². The van der Waals surface area contributed by atoms with E-state index >= 15 is 0 Å². The van der Waals surface area contributed by atoms with Crippen molar-refractivity contribution in [3.63, 3.8) is 0 Å². The first kappa shape index (κ1) is 14.0. The number of carbonyl (C=O) groups is 1. The molecular formula is C17H18N2OS. The Morgan fingerprint density at radius 3 is 2.67 bits per heavy atom. The number of hydrogen-bond donors (Lipinski definition) is 1. The normalized spacial score (nSPS) is 11.2. The average Bonchev–Trinajstić information content (AvgIpc) is 3.01. The summed E-state index contributed by atoms with van der Waals surface area (Å²) in [6.45, 7) is 4.02. The fourth-order valence-electron chi connectivity index (χ4n) is 2.48. The van der Waals surface area contributed by atoms with Crippen molar-refractivity contribution >= 4 is 28.4 Å². The molecule has 2 aromatic heterocycles. The van der Waals surface area contributed by atoms with Gasteiger partial charge in [0.05, 0.1) is 10.8 Å². The first-order valence-corrected chi connectivity index (χ1v) is 7.91. The fourth-order valence-corrected chi connectivity index (χ4v) is 3.32. The van der Waals surface area contributed by atoms with Crippen LogP contribution in [0.3, 0.4) is 0 Å². The van der Waals surface area contributed by atoms with E-state index in [0.717, 1.165) is 27.5 Å². The van der Waals surface area contributed by atoms with Gasteiger partial charge in [0.1, 0.15) is 0 Å². The van der Waals surface area contributed by atoms with E-state index in [1.54, 1.807) is 11.8 Å². The fraction of sp³-hybridized carbons (Fsp3) is 0.235. The number of aromatic nitrogens is 2. The van der Waals surface area contributed by atoms with E-state index in [9.17, 15) is 4.79 Å². The third kappa shape index (κ3) is 2.63. The molecule has 2 heterocycles. The summed E-state index contributed by atoms with van der Waals surface area (Å²) in [7, 11) is 1.99. The lowest BCUT2D eigenvalue weighted by Crippen LogP contribution is -2.04. The third-order valence-electron chi connectivity index (χ3n) is 3.94. The summed E-state index contributed by atoms with van der Waals surface area (Å²) >= 11 is 1.56. The smallest absolute Gasteiger partial charge is 0.174 e. The SMILES string of the molecule is Cc1cc(C(=O)CSc2cc3ccccc3[nH]2)c(C)n1C. The molecule has 1 N–H and O–H groups in total. The Balaban J connectivity index is 1.74. The van der Waals surface area contributed by atoms with E-state index in [4.69, 9.17) is 0 Å². The summed E-state index contributed by atoms with van der Waals surface area (Å²) in [5.74, 6) is 0.636. The number of fused-ring (bicyclic) bond motifs is 1. The van der Waals surface area contributed by atoms with Crippen LogP contribution < -0.4 is 0 Å². The van der Waals surface area contributed by atoms with Gasteiger partial charge in [0.25, 0.3) is 0 Å². The predicted octanol–water partition coefficient (Wildman–Crippen LogP) is 4.10. The number of carbonyl (C=O) groups excluding carboxylic acids is 1. The van der Waals surface area contributed by atoms with Crippen LogP contribution in [0.1, 0.15) is 21.7 Å². The Morgan fingerprint density at radius 2 is 2.00 bits per heavy atom. The predicted molar refractivity (Wildman–Crippen MR) is 88.2 cm³/mol. The van der Waals surface area contributed by atoms with Gasteiger partial charge in [0.15, 0.2) is 5.78 Å². The van der Waals surface area contributed by atoms with Crippen LogP contribution in [-0.2, 0) is 7.05 Å². The lowest BCUT2D eigenvalue weighted by molar-refractivity contribution is 0.102. The summed E-state index contributed by atoms with van der Waals surface area (Å²) in [5.41, 5.74) is 4.10. The van der Waals surface area contributed by atoms with Crippen molar-refractivity contribution in [3.05, 3.63) is 53.3 Å². The minimum absolute atomic E-state index is 0.180. The number of nitrogens with zero attached hydrogens (tertiary/aromatic N) is 1. The van der Waals surface area contributed by atoms with Gasteiger partial charge in [-0.1, -0.05) is 18.2 Å². The molecule has 0 saturated carbocycles. The van der Waals surface area contributed by atoms with Crippen molar-refractivity contribution in [2.45, 2.75) is 18.9 Å². The van der Waals surface area contributed by atoms with Crippen LogP contribution in [0.15, 0.2) is 41.4 Å². The number of para-hydroxylation sites is 1. The van der Waals surface area contributed by atoms with Crippen molar-refractivity contribution in [1.29, 1.82) is 0 Å². The topological polar surface area (TPSA) is 37.8 Å². The van der Waals surface area contributed by atoms with Gasteiger partial charge in [-0.3, -0.25) is 4.79 Å². The zero-order valence-corrected chi connectivity index (χ0v) is 13.3. The van der Waals surface area contributed by atoms with E-state index < -0.39 is 0 Å². The molecule has 21 heavy (non-hydrogen) atoms. The molecular weight excluding hydrogens is 280 g/mol. The standard InChI is InChI=1S/C17H18N2OS/c1-11-8-14(12(2)19(11)3)16(20)10-21-17-9-13-6-4-5-7-15(13)18-17/h4-9,18H,10H2,1-3H3. The molecule has 0 amide bonds. The number of benzene rings is 1. The highest BCUT2D eigenvalue weighted by Gasteiger charge is 2.14. The quantitative estimate of drug-likeness (QED) is 0.581. The molecule has 108 valence electrons. The van der Waals surface area contributed by atoms with Crippen LogP contribution in [0.2, 0.25) is 0 Å². The van der Waals surface area contributed by atoms with Gasteiger partial charge in [0, 0.05) is 34.9 Å². The molecule has 0 aliphatic carbocycles. The van der Waals surface area contributed by atoms with Crippen LogP contribution >= 0.6 is 11.8 Å². The maximum Gasteiger partial charge on any atom is 0.174 e. The average molecular weight is 298 g/mol. The first-order chi connectivity index (χ1) is 10.1. The largest absolute Gasteiger partial charge is 0.351 e. The Kier molecular flexibility index (Phi) is 3.64. The Labute approximate surface area is 128 Å². The molecule has 3 nitrogen and oxygen atoms in total. The van der Waals surface area contributed by atoms with Crippen LogP contribution in [0.25, 0.3) is 10.9 Å². The van der Waals surface area contributed by atoms with Gasteiger partial charge < -0.3 is 9.55 Å². The second-order valence-electron chi connectivity index (χ2n) is 5.28. The number of aromatic amines is 1. The van der Waals surface area contributed by atoms with Crippen LogP contribution in [0.4, 0.5) is 0 Å². The minimum Gasteiger partial charge on any atom is -0.351 e. The molecule has 0 unspecified atom stereocenters. The second kappa shape index (κ2) is 5.45. The third-order valence-corrected chi connectivity index (χ3v) is 4.88. The van der Waals surface area contributed by atoms with Crippen molar-refractivity contribution in [2.24, 2.45) is 7.05 Å². The van der Waals surface area contributed by atoms with Gasteiger partial charge in [0.2, 0.25) is 0 Å². The number of aryl methyl sites for hydroxylation is 1. The first-order valence-electron chi connectivity index (χ1n) is 6.93. The molecule has 0 aliphatic rings. The number of thioether (sulfide) groups is 1. The van der Waals surface area contributed by atoms with E-state index in [1.807, 2.05) is 45.2 Å². The zero-order chi connectivity index (χ0) is 15.0. The van der Waals surface area contributed by atoms with Crippen LogP contribution in [0, 0.1) is 13.8 Å². The summed E-state index contributed by atoms with van der Waals surface area (Å²) in [4.78, 5) is 15.7. The lowest BCUT2D eigenvalue weighted by Gasteiger charge is -2.01. The molecule has 1 aromatic carbocycles. The van der Waals surface area contributed by atoms with Gasteiger partial charge in [-0.2, -0.15) is 0 Å². The molecule has 0 fully saturated rings. The van der Waals surface area contributed by atoms with E-state index in [2.05, 4.69) is 21.7 Å². The summed E-state index contributed by atoms with van der Waals surface area (Å²) in [6, 6.07) is 12.2. The number of nitrogens with one attached hydrogen (secondary N) is 1. The number of hydrogen-bond acceptors (Lipinski definition) is 2. The molecule has 3 rings (SSSR count). The van der Waals surface area contributed by atoms with E-state index in [0.29, 0.717) is 5.75 Å². The molecule has 4 heteroatoms. The van der Waals surface area contributed by atoms with E-state index in [1.165, 1.54) is 5.39 Å². The van der Waals surface area contributed by atoms with Gasteiger partial charge in [-0.15, -0.1) is 11.8 Å². The maximum atomic E-state index is 12.4. The van der Waals surface area contributed by atoms with Crippen LogP contribution in [-0.4, -0.2) is 21.1 Å². The summed E-state index contributed by atoms with van der Waals surface area (Å²) in [5, 5.41) is 2.22. The Morgan fingerprint density at radius 1 is 1.24 bits per heavy atom. The molecule has 3 aromatic rings. The van der Waals surface area contributed by atoms with Crippen molar-refractivity contribution < 1.29 is 4.79 Å². The highest BCUT2D eigenvalue weighted by molar-refractivity contribution is 8.00. The molecule has 0 bridgehead atoms. The molecule has 0 atom stereocenters. The van der Waals surface area contributed by atoms with Gasteiger partial charge in [-0.05, 0) is 32.0 Å². The zero-order valence-electron chi connectivity index (χ0n) is 12.4. The Hall–Kier alpha value is -1.94. The number of H-pyrrole nitrogens is 1.